The zero-order valence-corrected chi connectivity index (χ0v) is 20.1. The van der Waals surface area contributed by atoms with Gasteiger partial charge in [0.25, 0.3) is 0 Å². The van der Waals surface area contributed by atoms with Gasteiger partial charge in [-0.2, -0.15) is 0 Å². The molecule has 3 saturated heterocycles. The molecule has 1 unspecified atom stereocenters. The molecular formula is C25H26BrN3O2S. The van der Waals surface area contributed by atoms with Crippen molar-refractivity contribution in [3.05, 3.63) is 83.5 Å². The molecule has 5 nitrogen and oxygen atoms in total. The summed E-state index contributed by atoms with van der Waals surface area (Å²) < 4.78 is 30.8. The zero-order valence-electron chi connectivity index (χ0n) is 17.7. The van der Waals surface area contributed by atoms with E-state index in [0.717, 1.165) is 46.9 Å². The lowest BCUT2D eigenvalue weighted by molar-refractivity contribution is 0.00490. The van der Waals surface area contributed by atoms with Gasteiger partial charge >= 0.3 is 0 Å². The van der Waals surface area contributed by atoms with Crippen molar-refractivity contribution >= 4 is 36.9 Å². The number of benzene rings is 2. The number of fused-ring (bicyclic) bond motifs is 4. The average molecular weight is 512 g/mol. The largest absolute Gasteiger partial charge is 0.298 e. The number of pyridine rings is 1. The van der Waals surface area contributed by atoms with E-state index in [1.807, 2.05) is 30.3 Å². The molecule has 0 amide bonds. The van der Waals surface area contributed by atoms with Crippen molar-refractivity contribution in [2.24, 2.45) is 11.8 Å². The van der Waals surface area contributed by atoms with Crippen LogP contribution in [-0.2, 0) is 10.0 Å². The van der Waals surface area contributed by atoms with Crippen LogP contribution in [0.1, 0.15) is 24.4 Å². The first kappa shape index (κ1) is 21.8. The van der Waals surface area contributed by atoms with Gasteiger partial charge in [0.2, 0.25) is 10.0 Å². The van der Waals surface area contributed by atoms with Crippen molar-refractivity contribution in [1.29, 1.82) is 0 Å². The van der Waals surface area contributed by atoms with Crippen LogP contribution in [0.2, 0.25) is 0 Å². The third-order valence-corrected chi connectivity index (χ3v) is 8.95. The summed E-state index contributed by atoms with van der Waals surface area (Å²) in [5.41, 5.74) is 1.85. The van der Waals surface area contributed by atoms with Crippen LogP contribution in [0, 0.1) is 11.8 Å². The number of hydrogen-bond donors (Lipinski definition) is 1. The Morgan fingerprint density at radius 1 is 1.16 bits per heavy atom. The van der Waals surface area contributed by atoms with Gasteiger partial charge in [-0.1, -0.05) is 40.2 Å². The molecule has 32 heavy (non-hydrogen) atoms. The summed E-state index contributed by atoms with van der Waals surface area (Å²) in [4.78, 5) is 7.21. The Bertz CT molecular complexity index is 1240. The number of aromatic nitrogens is 1. The van der Waals surface area contributed by atoms with E-state index in [2.05, 4.69) is 43.2 Å². The first-order chi connectivity index (χ1) is 15.5. The second-order valence-electron chi connectivity index (χ2n) is 8.72. The van der Waals surface area contributed by atoms with Gasteiger partial charge < -0.3 is 0 Å². The summed E-state index contributed by atoms with van der Waals surface area (Å²) in [6.45, 7) is 5.94. The van der Waals surface area contributed by atoms with E-state index in [-0.39, 0.29) is 17.0 Å². The average Bonchev–Trinajstić information content (AvgIpc) is 2.82. The second kappa shape index (κ2) is 8.71. The molecule has 0 spiro atoms. The summed E-state index contributed by atoms with van der Waals surface area (Å²) in [5.74, 6) is 1.01. The molecule has 1 N–H and O–H groups in total. The SMILES string of the molecule is C=C[C@H]1CN2CC[C@H]1C[C@@H]2[C@H](NS(=O)(=O)c1ccc(Br)cc1)c1ccnc2ccccc12. The van der Waals surface area contributed by atoms with Crippen LogP contribution >= 0.6 is 15.9 Å². The molecule has 7 heteroatoms. The summed E-state index contributed by atoms with van der Waals surface area (Å²) in [7, 11) is -3.72. The van der Waals surface area contributed by atoms with Crippen molar-refractivity contribution < 1.29 is 8.42 Å². The zero-order chi connectivity index (χ0) is 22.3. The third kappa shape index (κ3) is 4.03. The van der Waals surface area contributed by atoms with Crippen LogP contribution in [-0.4, -0.2) is 37.4 Å². The number of nitrogens with zero attached hydrogens (tertiary/aromatic N) is 2. The highest BCUT2D eigenvalue weighted by atomic mass is 79.9. The molecule has 0 aliphatic carbocycles. The fraction of sp³-hybridized carbons (Fsp3) is 0.320. The van der Waals surface area contributed by atoms with Crippen LogP contribution in [0.3, 0.4) is 0 Å². The van der Waals surface area contributed by atoms with Crippen molar-refractivity contribution in [2.45, 2.75) is 29.8 Å². The normalized spacial score (nSPS) is 26.2. The lowest BCUT2D eigenvalue weighted by Crippen LogP contribution is -2.57. The molecule has 3 fully saturated rings. The highest BCUT2D eigenvalue weighted by molar-refractivity contribution is 9.10. The Morgan fingerprint density at radius 2 is 1.94 bits per heavy atom. The van der Waals surface area contributed by atoms with Gasteiger partial charge in [0, 0.05) is 28.6 Å². The van der Waals surface area contributed by atoms with Gasteiger partial charge in [0.1, 0.15) is 0 Å². The van der Waals surface area contributed by atoms with E-state index >= 15 is 0 Å². The van der Waals surface area contributed by atoms with E-state index < -0.39 is 10.0 Å². The van der Waals surface area contributed by atoms with Crippen molar-refractivity contribution in [3.63, 3.8) is 0 Å². The molecule has 166 valence electrons. The van der Waals surface area contributed by atoms with Crippen LogP contribution in [0.15, 0.2) is 82.8 Å². The highest BCUT2D eigenvalue weighted by Crippen LogP contribution is 2.42. The number of para-hydroxylation sites is 1. The molecule has 0 saturated carbocycles. The van der Waals surface area contributed by atoms with Gasteiger partial charge in [0.05, 0.1) is 16.5 Å². The smallest absolute Gasteiger partial charge is 0.241 e. The Kier molecular flexibility index (Phi) is 5.92. The topological polar surface area (TPSA) is 62.3 Å². The molecule has 0 radical (unpaired) electrons. The summed E-state index contributed by atoms with van der Waals surface area (Å²) in [6.07, 6.45) is 5.93. The molecule has 3 aliphatic heterocycles. The number of rotatable bonds is 6. The van der Waals surface area contributed by atoms with E-state index in [9.17, 15) is 8.42 Å². The standard InChI is InChI=1S/C25H26BrN3O2S/c1-2-17-16-29-14-12-18(17)15-24(29)25(22-11-13-27-23-6-4-3-5-21(22)23)28-32(30,31)20-9-7-19(26)8-10-20/h2-11,13,17-18,24-25,28H,1,12,14-16H2/t17-,18-,24+,25+/m0/s1. The van der Waals surface area contributed by atoms with Crippen LogP contribution in [0.5, 0.6) is 0 Å². The first-order valence-corrected chi connectivity index (χ1v) is 13.2. The van der Waals surface area contributed by atoms with Gasteiger partial charge in [-0.05, 0) is 73.2 Å². The Hall–Kier alpha value is -2.06. The fourth-order valence-electron chi connectivity index (χ4n) is 5.31. The van der Waals surface area contributed by atoms with E-state index in [0.29, 0.717) is 11.8 Å². The van der Waals surface area contributed by atoms with Crippen LogP contribution in [0.4, 0.5) is 0 Å². The Balaban J connectivity index is 1.58. The van der Waals surface area contributed by atoms with E-state index in [1.165, 1.54) is 0 Å². The summed E-state index contributed by atoms with van der Waals surface area (Å²) in [6, 6.07) is 16.4. The summed E-state index contributed by atoms with van der Waals surface area (Å²) >= 11 is 3.39. The lowest BCUT2D eigenvalue weighted by Gasteiger charge is -2.51. The monoisotopic (exact) mass is 511 g/mol. The van der Waals surface area contributed by atoms with Crippen molar-refractivity contribution in [3.8, 4) is 0 Å². The molecule has 2 aromatic carbocycles. The Morgan fingerprint density at radius 3 is 2.66 bits per heavy atom. The molecule has 3 aromatic rings. The van der Waals surface area contributed by atoms with E-state index in [1.54, 1.807) is 30.5 Å². The minimum atomic E-state index is -3.72. The molecule has 3 aliphatic rings. The van der Waals surface area contributed by atoms with Gasteiger partial charge in [-0.3, -0.25) is 9.88 Å². The predicted molar refractivity (Wildman–Crippen MR) is 131 cm³/mol. The summed E-state index contributed by atoms with van der Waals surface area (Å²) in [5, 5.41) is 0.987. The molecule has 6 rings (SSSR count). The quantitative estimate of drug-likeness (QED) is 0.477. The second-order valence-corrected chi connectivity index (χ2v) is 11.3. The number of sulfonamides is 1. The van der Waals surface area contributed by atoms with Gasteiger partial charge in [0.15, 0.2) is 0 Å². The molecular weight excluding hydrogens is 486 g/mol. The number of hydrogen-bond acceptors (Lipinski definition) is 4. The minimum Gasteiger partial charge on any atom is -0.298 e. The Labute approximate surface area is 197 Å². The van der Waals surface area contributed by atoms with Crippen molar-refractivity contribution in [2.75, 3.05) is 13.1 Å². The van der Waals surface area contributed by atoms with Crippen LogP contribution < -0.4 is 4.72 Å². The van der Waals surface area contributed by atoms with Crippen LogP contribution in [0.25, 0.3) is 10.9 Å². The van der Waals surface area contributed by atoms with Crippen molar-refractivity contribution in [1.82, 2.24) is 14.6 Å². The highest BCUT2D eigenvalue weighted by Gasteiger charge is 2.44. The lowest BCUT2D eigenvalue weighted by atomic mass is 9.73. The third-order valence-electron chi connectivity index (χ3n) is 6.96. The van der Waals surface area contributed by atoms with Gasteiger partial charge in [-0.15, -0.1) is 6.58 Å². The maximum atomic E-state index is 13.5. The molecule has 5 atom stereocenters. The minimum absolute atomic E-state index is 0.0842. The predicted octanol–water partition coefficient (Wildman–Crippen LogP) is 4.91. The van der Waals surface area contributed by atoms with E-state index in [4.69, 9.17) is 0 Å². The number of piperidine rings is 3. The fourth-order valence-corrected chi connectivity index (χ4v) is 6.82. The maximum Gasteiger partial charge on any atom is 0.241 e. The number of nitrogens with one attached hydrogen (secondary N) is 1. The molecule has 4 heterocycles. The molecule has 2 bridgehead atoms. The maximum absolute atomic E-state index is 13.5. The number of halogens is 1. The molecule has 1 aromatic heterocycles. The van der Waals surface area contributed by atoms with Gasteiger partial charge in [-0.25, -0.2) is 13.1 Å². The first-order valence-electron chi connectivity index (χ1n) is 10.9.